The molecular weight excluding hydrogens is 482 g/mol. The summed E-state index contributed by atoms with van der Waals surface area (Å²) in [5, 5.41) is 8.86. The predicted octanol–water partition coefficient (Wildman–Crippen LogP) is 5.45. The minimum atomic E-state index is -0.701. The maximum absolute atomic E-state index is 13.6. The first-order chi connectivity index (χ1) is 17.4. The number of carbonyl (C=O) groups is 2. The molecule has 1 N–H and O–H groups in total. The average molecular weight is 505 g/mol. The largest absolute Gasteiger partial charge is 0.326 e. The first kappa shape index (κ1) is 23.9. The molecule has 3 aromatic rings. The van der Waals surface area contributed by atoms with Gasteiger partial charge in [0.25, 0.3) is 5.91 Å². The second-order valence-electron chi connectivity index (χ2n) is 8.63. The number of hydrogen-bond acceptors (Lipinski definition) is 5. The quantitative estimate of drug-likeness (QED) is 0.501. The molecule has 9 heteroatoms. The Morgan fingerprint density at radius 2 is 1.64 bits per heavy atom. The maximum Gasteiger partial charge on any atom is 0.262 e. The molecule has 0 fully saturated rings. The third-order valence-electron chi connectivity index (χ3n) is 5.97. The van der Waals surface area contributed by atoms with Crippen LogP contribution in [0.2, 0.25) is 0 Å². The fraction of sp³-hybridized carbons (Fsp3) is 0.185. The van der Waals surface area contributed by atoms with Crippen LogP contribution < -0.4 is 5.32 Å². The second kappa shape index (κ2) is 10.0. The van der Waals surface area contributed by atoms with Gasteiger partial charge in [0.15, 0.2) is 5.17 Å². The molecule has 2 aliphatic heterocycles. The molecule has 0 spiro atoms. The molecule has 0 saturated heterocycles. The summed E-state index contributed by atoms with van der Waals surface area (Å²) >= 11 is 1.18. The van der Waals surface area contributed by atoms with Gasteiger partial charge in [0.05, 0.1) is 11.8 Å². The Morgan fingerprint density at radius 1 is 1.00 bits per heavy atom. The molecule has 6 nitrogen and oxygen atoms in total. The van der Waals surface area contributed by atoms with Crippen LogP contribution in [0.4, 0.5) is 14.5 Å². The molecule has 36 heavy (non-hydrogen) atoms. The van der Waals surface area contributed by atoms with E-state index < -0.39 is 17.0 Å². The average Bonchev–Trinajstić information content (AvgIpc) is 3.45. The van der Waals surface area contributed by atoms with E-state index in [1.807, 2.05) is 31.2 Å². The lowest BCUT2D eigenvalue weighted by atomic mass is 9.98. The van der Waals surface area contributed by atoms with Crippen molar-refractivity contribution in [2.24, 2.45) is 10.1 Å². The maximum atomic E-state index is 13.6. The van der Waals surface area contributed by atoms with Crippen molar-refractivity contribution in [1.82, 2.24) is 5.01 Å². The predicted molar refractivity (Wildman–Crippen MR) is 137 cm³/mol. The highest BCUT2D eigenvalue weighted by atomic mass is 32.2. The topological polar surface area (TPSA) is 74.1 Å². The number of nitrogens with one attached hydrogen (secondary N) is 1. The summed E-state index contributed by atoms with van der Waals surface area (Å²) in [4.78, 5) is 29.4. The van der Waals surface area contributed by atoms with Crippen molar-refractivity contribution in [2.45, 2.75) is 31.1 Å². The Labute approximate surface area is 211 Å². The molecule has 0 radical (unpaired) electrons. The zero-order valence-corrected chi connectivity index (χ0v) is 20.1. The SMILES string of the molecule is Cc1ccc(C2=NN(C3=NC(=O)C(CC(=O)Nc4ccc(F)cc4)S3)C(c3ccc(F)cc3)C2)cc1. The van der Waals surface area contributed by atoms with Crippen LogP contribution in [-0.2, 0) is 9.59 Å². The number of anilines is 1. The van der Waals surface area contributed by atoms with Gasteiger partial charge < -0.3 is 5.32 Å². The van der Waals surface area contributed by atoms with Crippen LogP contribution in [0.25, 0.3) is 0 Å². The number of nitrogens with zero attached hydrogens (tertiary/aromatic N) is 3. The molecule has 2 unspecified atom stereocenters. The fourth-order valence-corrected chi connectivity index (χ4v) is 5.13. The Hall–Kier alpha value is -3.85. The monoisotopic (exact) mass is 504 g/mol. The van der Waals surface area contributed by atoms with Gasteiger partial charge in [-0.2, -0.15) is 10.1 Å². The number of hydrazone groups is 1. The van der Waals surface area contributed by atoms with Crippen molar-refractivity contribution in [3.8, 4) is 0 Å². The van der Waals surface area contributed by atoms with Crippen molar-refractivity contribution in [2.75, 3.05) is 5.32 Å². The van der Waals surface area contributed by atoms with Crippen molar-refractivity contribution in [3.63, 3.8) is 0 Å². The molecule has 182 valence electrons. The van der Waals surface area contributed by atoms with Crippen molar-refractivity contribution < 1.29 is 18.4 Å². The number of aliphatic imine (C=N–C) groups is 1. The highest BCUT2D eigenvalue weighted by Gasteiger charge is 2.39. The van der Waals surface area contributed by atoms with Gasteiger partial charge in [0.1, 0.15) is 16.9 Å². The van der Waals surface area contributed by atoms with E-state index in [4.69, 9.17) is 5.10 Å². The Balaban J connectivity index is 1.35. The van der Waals surface area contributed by atoms with E-state index in [1.165, 1.54) is 48.2 Å². The summed E-state index contributed by atoms with van der Waals surface area (Å²) in [6, 6.07) is 19.4. The van der Waals surface area contributed by atoms with Crippen LogP contribution >= 0.6 is 11.8 Å². The number of aryl methyl sites for hydroxylation is 1. The van der Waals surface area contributed by atoms with Gasteiger partial charge >= 0.3 is 0 Å². The molecule has 2 atom stereocenters. The number of rotatable bonds is 5. The number of amides is 2. The van der Waals surface area contributed by atoms with Gasteiger partial charge in [0.2, 0.25) is 5.91 Å². The summed E-state index contributed by atoms with van der Waals surface area (Å²) < 4.78 is 26.7. The molecule has 3 aromatic carbocycles. The molecule has 2 amide bonds. The van der Waals surface area contributed by atoms with E-state index in [-0.39, 0.29) is 24.2 Å². The van der Waals surface area contributed by atoms with Crippen LogP contribution in [0.1, 0.15) is 35.6 Å². The van der Waals surface area contributed by atoms with Gasteiger partial charge in [-0.05, 0) is 54.4 Å². The van der Waals surface area contributed by atoms with E-state index in [2.05, 4.69) is 10.3 Å². The highest BCUT2D eigenvalue weighted by Crippen LogP contribution is 2.38. The molecule has 0 aliphatic carbocycles. The summed E-state index contributed by atoms with van der Waals surface area (Å²) in [5.74, 6) is -1.53. The Morgan fingerprint density at radius 3 is 2.31 bits per heavy atom. The first-order valence-electron chi connectivity index (χ1n) is 11.4. The van der Waals surface area contributed by atoms with Gasteiger partial charge in [-0.3, -0.25) is 9.59 Å². The summed E-state index contributed by atoms with van der Waals surface area (Å²) in [6.45, 7) is 2.01. The smallest absolute Gasteiger partial charge is 0.262 e. The Bertz CT molecular complexity index is 1360. The van der Waals surface area contributed by atoms with Gasteiger partial charge in [-0.15, -0.1) is 0 Å². The first-order valence-corrected chi connectivity index (χ1v) is 12.3. The summed E-state index contributed by atoms with van der Waals surface area (Å²) in [7, 11) is 0. The molecule has 0 saturated carbocycles. The van der Waals surface area contributed by atoms with Gasteiger partial charge in [-0.25, -0.2) is 13.8 Å². The second-order valence-corrected chi connectivity index (χ2v) is 9.80. The molecule has 2 aliphatic rings. The number of benzene rings is 3. The van der Waals surface area contributed by atoms with E-state index in [1.54, 1.807) is 17.1 Å². The molecule has 2 heterocycles. The van der Waals surface area contributed by atoms with Gasteiger partial charge in [0, 0.05) is 18.5 Å². The molecular formula is C27H22F2N4O2S. The number of hydrogen-bond donors (Lipinski definition) is 1. The van der Waals surface area contributed by atoms with Crippen LogP contribution in [0.3, 0.4) is 0 Å². The molecule has 5 rings (SSSR count). The number of halogens is 2. The van der Waals surface area contributed by atoms with E-state index in [0.29, 0.717) is 17.3 Å². The van der Waals surface area contributed by atoms with Crippen LogP contribution in [0, 0.1) is 18.6 Å². The third-order valence-corrected chi connectivity index (χ3v) is 7.12. The zero-order chi connectivity index (χ0) is 25.2. The lowest BCUT2D eigenvalue weighted by molar-refractivity contribution is -0.121. The number of thioether (sulfide) groups is 1. The minimum absolute atomic E-state index is 0.0858. The Kier molecular flexibility index (Phi) is 6.65. The third kappa shape index (κ3) is 5.21. The van der Waals surface area contributed by atoms with Crippen LogP contribution in [0.5, 0.6) is 0 Å². The number of amidine groups is 1. The fourth-order valence-electron chi connectivity index (χ4n) is 4.07. The van der Waals surface area contributed by atoms with Crippen molar-refractivity contribution in [1.29, 1.82) is 0 Å². The lowest BCUT2D eigenvalue weighted by Crippen LogP contribution is -2.25. The zero-order valence-electron chi connectivity index (χ0n) is 19.3. The summed E-state index contributed by atoms with van der Waals surface area (Å²) in [6.07, 6.45) is 0.468. The summed E-state index contributed by atoms with van der Waals surface area (Å²) in [5.41, 5.74) is 4.21. The van der Waals surface area contributed by atoms with E-state index in [0.717, 1.165) is 22.4 Å². The standard InChI is InChI=1S/C27H22F2N4O2S/c1-16-2-4-17(5-3-16)22-14-23(18-6-8-19(28)9-7-18)33(32-22)27-31-26(35)24(36-27)15-25(34)30-21-12-10-20(29)11-13-21/h2-13,23-24H,14-15H2,1H3,(H,30,34). The molecule has 0 bridgehead atoms. The van der Waals surface area contributed by atoms with Gasteiger partial charge in [-0.1, -0.05) is 53.7 Å². The van der Waals surface area contributed by atoms with Crippen LogP contribution in [-0.4, -0.2) is 33.0 Å². The number of carbonyl (C=O) groups excluding carboxylic acids is 2. The van der Waals surface area contributed by atoms with Crippen LogP contribution in [0.15, 0.2) is 82.9 Å². The molecule has 0 aromatic heterocycles. The normalized spacial score (nSPS) is 19.3. The minimum Gasteiger partial charge on any atom is -0.326 e. The van der Waals surface area contributed by atoms with Crippen molar-refractivity contribution >= 4 is 40.1 Å². The highest BCUT2D eigenvalue weighted by molar-refractivity contribution is 8.15. The lowest BCUT2D eigenvalue weighted by Gasteiger charge is -2.23. The van der Waals surface area contributed by atoms with E-state index in [9.17, 15) is 18.4 Å². The van der Waals surface area contributed by atoms with Crippen molar-refractivity contribution in [3.05, 3.63) is 101 Å². The van der Waals surface area contributed by atoms with E-state index >= 15 is 0 Å².